The maximum Gasteiger partial charge on any atom is 0.410 e. The van der Waals surface area contributed by atoms with Crippen LogP contribution in [-0.2, 0) is 9.53 Å². The number of carboxylic acid groups (broad SMARTS) is 1. The Balaban J connectivity index is 2.54. The summed E-state index contributed by atoms with van der Waals surface area (Å²) in [4.78, 5) is 24.0. The number of hydrogen-bond donors (Lipinski definition) is 1. The first-order valence-corrected chi connectivity index (χ1v) is 6.17. The maximum atomic E-state index is 11.7. The second kappa shape index (κ2) is 4.95. The van der Waals surface area contributed by atoms with Gasteiger partial charge in [-0.1, -0.05) is 0 Å². The molecule has 0 aromatic carbocycles. The van der Waals surface area contributed by atoms with Crippen molar-refractivity contribution in [3.05, 3.63) is 0 Å². The van der Waals surface area contributed by atoms with Gasteiger partial charge in [0.2, 0.25) is 0 Å². The number of hydrogen-bond acceptors (Lipinski definition) is 4. The van der Waals surface area contributed by atoms with E-state index in [0.717, 1.165) is 0 Å². The predicted molar refractivity (Wildman–Crippen MR) is 61.7 cm³/mol. The summed E-state index contributed by atoms with van der Waals surface area (Å²) in [5.41, 5.74) is -0.541. The average Bonchev–Trinajstić information content (AvgIpc) is 2.15. The van der Waals surface area contributed by atoms with E-state index < -0.39 is 22.9 Å². The molecule has 1 heterocycles. The molecular formula is C10H17NO4S. The zero-order valence-corrected chi connectivity index (χ0v) is 10.5. The van der Waals surface area contributed by atoms with Crippen molar-refractivity contribution in [3.8, 4) is 0 Å². The number of amides is 1. The molecule has 1 atom stereocenters. The topological polar surface area (TPSA) is 66.8 Å². The third-order valence-corrected chi connectivity index (χ3v) is 3.16. The van der Waals surface area contributed by atoms with Crippen LogP contribution in [0.25, 0.3) is 0 Å². The lowest BCUT2D eigenvalue weighted by molar-refractivity contribution is -0.136. The van der Waals surface area contributed by atoms with Gasteiger partial charge in [0, 0.05) is 18.8 Å². The minimum Gasteiger partial charge on any atom is -0.480 e. The van der Waals surface area contributed by atoms with Crippen molar-refractivity contribution in [2.75, 3.05) is 18.8 Å². The molecule has 92 valence electrons. The number of aliphatic carboxylic acids is 1. The Bertz CT molecular complexity index is 287. The molecule has 16 heavy (non-hydrogen) atoms. The molecule has 1 aliphatic heterocycles. The average molecular weight is 247 g/mol. The summed E-state index contributed by atoms with van der Waals surface area (Å²) >= 11 is 1.36. The number of ether oxygens (including phenoxy) is 1. The van der Waals surface area contributed by atoms with Crippen molar-refractivity contribution in [1.29, 1.82) is 0 Å². The number of rotatable bonds is 1. The van der Waals surface area contributed by atoms with Gasteiger partial charge in [-0.25, -0.2) is 4.79 Å². The number of carboxylic acids is 1. The van der Waals surface area contributed by atoms with E-state index >= 15 is 0 Å². The van der Waals surface area contributed by atoms with Gasteiger partial charge in [-0.3, -0.25) is 4.79 Å². The summed E-state index contributed by atoms with van der Waals surface area (Å²) in [5.74, 6) is -0.241. The summed E-state index contributed by atoms with van der Waals surface area (Å²) in [6.07, 6.45) is -0.431. The summed E-state index contributed by atoms with van der Waals surface area (Å²) in [7, 11) is 0. The number of thioether (sulfide) groups is 1. The van der Waals surface area contributed by atoms with Crippen LogP contribution in [0.15, 0.2) is 0 Å². The smallest absolute Gasteiger partial charge is 0.410 e. The van der Waals surface area contributed by atoms with E-state index in [1.54, 1.807) is 20.8 Å². The van der Waals surface area contributed by atoms with Crippen LogP contribution in [0.1, 0.15) is 20.8 Å². The van der Waals surface area contributed by atoms with Crippen molar-refractivity contribution in [1.82, 2.24) is 4.90 Å². The quantitative estimate of drug-likeness (QED) is 0.759. The number of nitrogens with zero attached hydrogens (tertiary/aromatic N) is 1. The molecule has 1 amide bonds. The van der Waals surface area contributed by atoms with Gasteiger partial charge in [0.1, 0.15) is 10.9 Å². The summed E-state index contributed by atoms with van der Waals surface area (Å²) in [5, 5.41) is 8.33. The third-order valence-electron chi connectivity index (χ3n) is 1.99. The minimum absolute atomic E-state index is 0.217. The fourth-order valence-electron chi connectivity index (χ4n) is 1.29. The molecule has 1 fully saturated rings. The van der Waals surface area contributed by atoms with Gasteiger partial charge in [0.05, 0.1) is 0 Å². The third kappa shape index (κ3) is 3.92. The molecule has 0 saturated carbocycles. The first-order valence-electron chi connectivity index (χ1n) is 5.12. The van der Waals surface area contributed by atoms with Crippen LogP contribution >= 0.6 is 11.8 Å². The Labute approximate surface area is 99.1 Å². The molecule has 0 aromatic heterocycles. The van der Waals surface area contributed by atoms with Crippen LogP contribution in [0.3, 0.4) is 0 Å². The van der Waals surface area contributed by atoms with Gasteiger partial charge in [-0.2, -0.15) is 0 Å². The fourth-order valence-corrected chi connectivity index (χ4v) is 2.33. The number of carbonyl (C=O) groups is 2. The minimum atomic E-state index is -0.877. The molecule has 1 rings (SSSR count). The van der Waals surface area contributed by atoms with Crippen LogP contribution in [0.4, 0.5) is 4.79 Å². The Morgan fingerprint density at radius 3 is 2.56 bits per heavy atom. The Morgan fingerprint density at radius 1 is 1.44 bits per heavy atom. The van der Waals surface area contributed by atoms with Gasteiger partial charge >= 0.3 is 12.1 Å². The van der Waals surface area contributed by atoms with Crippen molar-refractivity contribution >= 4 is 23.8 Å². The Kier molecular flexibility index (Phi) is 4.07. The molecule has 6 heteroatoms. The van der Waals surface area contributed by atoms with E-state index in [0.29, 0.717) is 12.3 Å². The highest BCUT2D eigenvalue weighted by Crippen LogP contribution is 2.20. The number of carbonyl (C=O) groups excluding carboxylic acids is 1. The molecular weight excluding hydrogens is 230 g/mol. The van der Waals surface area contributed by atoms with Crippen LogP contribution in [0.5, 0.6) is 0 Å². The van der Waals surface area contributed by atoms with Crippen LogP contribution < -0.4 is 0 Å². The van der Waals surface area contributed by atoms with Gasteiger partial charge in [0.25, 0.3) is 0 Å². The molecule has 5 nitrogen and oxygen atoms in total. The molecule has 0 bridgehead atoms. The van der Waals surface area contributed by atoms with E-state index in [-0.39, 0.29) is 6.54 Å². The van der Waals surface area contributed by atoms with Gasteiger partial charge in [-0.05, 0) is 20.8 Å². The first-order chi connectivity index (χ1) is 7.29. The first kappa shape index (κ1) is 13.2. The van der Waals surface area contributed by atoms with Crippen LogP contribution in [-0.4, -0.2) is 51.8 Å². The van der Waals surface area contributed by atoms with Gasteiger partial charge < -0.3 is 14.7 Å². The maximum absolute atomic E-state index is 11.7. The Hall–Kier alpha value is -0.910. The van der Waals surface area contributed by atoms with E-state index in [1.165, 1.54) is 16.7 Å². The standard InChI is InChI=1S/C10H17NO4S/c1-10(2,3)15-9(14)11-4-5-16-7(6-11)8(12)13/h7H,4-6H2,1-3H3,(H,12,13)/t7-/m1/s1. The van der Waals surface area contributed by atoms with Crippen molar-refractivity contribution in [2.24, 2.45) is 0 Å². The highest BCUT2D eigenvalue weighted by atomic mass is 32.2. The molecule has 0 spiro atoms. The SMILES string of the molecule is CC(C)(C)OC(=O)N1CCS[C@@H](C(=O)O)C1. The normalized spacial score (nSPS) is 21.7. The molecule has 1 aliphatic rings. The van der Waals surface area contributed by atoms with Crippen molar-refractivity contribution in [2.45, 2.75) is 31.6 Å². The predicted octanol–water partition coefficient (Wildman–Crippen LogP) is 1.42. The van der Waals surface area contributed by atoms with Gasteiger partial charge in [-0.15, -0.1) is 11.8 Å². The molecule has 0 aromatic rings. The van der Waals surface area contributed by atoms with E-state index in [4.69, 9.17) is 9.84 Å². The zero-order valence-electron chi connectivity index (χ0n) is 9.73. The highest BCUT2D eigenvalue weighted by Gasteiger charge is 2.31. The summed E-state index contributed by atoms with van der Waals surface area (Å²) < 4.78 is 5.19. The van der Waals surface area contributed by atoms with E-state index in [1.807, 2.05) is 0 Å². The van der Waals surface area contributed by atoms with Crippen molar-refractivity contribution < 1.29 is 19.4 Å². The van der Waals surface area contributed by atoms with Crippen LogP contribution in [0, 0.1) is 0 Å². The molecule has 0 aliphatic carbocycles. The van der Waals surface area contributed by atoms with Crippen LogP contribution in [0.2, 0.25) is 0 Å². The zero-order chi connectivity index (χ0) is 12.3. The lowest BCUT2D eigenvalue weighted by Crippen LogP contribution is -2.46. The summed E-state index contributed by atoms with van der Waals surface area (Å²) in [6, 6.07) is 0. The monoisotopic (exact) mass is 247 g/mol. The largest absolute Gasteiger partial charge is 0.480 e. The van der Waals surface area contributed by atoms with E-state index in [2.05, 4.69) is 0 Å². The molecule has 0 radical (unpaired) electrons. The molecule has 1 saturated heterocycles. The molecule has 0 unspecified atom stereocenters. The van der Waals surface area contributed by atoms with Crippen molar-refractivity contribution in [3.63, 3.8) is 0 Å². The van der Waals surface area contributed by atoms with Gasteiger partial charge in [0.15, 0.2) is 0 Å². The second-order valence-corrected chi connectivity index (χ2v) is 5.93. The lowest BCUT2D eigenvalue weighted by atomic mass is 10.2. The lowest BCUT2D eigenvalue weighted by Gasteiger charge is -2.32. The summed E-state index contributed by atoms with van der Waals surface area (Å²) in [6.45, 7) is 6.13. The Morgan fingerprint density at radius 2 is 2.06 bits per heavy atom. The molecule has 1 N–H and O–H groups in total. The fraction of sp³-hybridized carbons (Fsp3) is 0.800. The highest BCUT2D eigenvalue weighted by molar-refractivity contribution is 8.00. The second-order valence-electron chi connectivity index (χ2n) is 4.62. The van der Waals surface area contributed by atoms with E-state index in [9.17, 15) is 9.59 Å².